The van der Waals surface area contributed by atoms with Crippen LogP contribution in [0.15, 0.2) is 60.7 Å². The lowest BCUT2D eigenvalue weighted by Gasteiger charge is -2.38. The molecule has 0 bridgehead atoms. The van der Waals surface area contributed by atoms with Gasteiger partial charge in [-0.1, -0.05) is 6.92 Å². The van der Waals surface area contributed by atoms with E-state index < -0.39 is 18.2 Å². The van der Waals surface area contributed by atoms with Gasteiger partial charge in [0.2, 0.25) is 6.79 Å². The first kappa shape index (κ1) is 31.3. The van der Waals surface area contributed by atoms with E-state index in [1.54, 1.807) is 86.6 Å². The van der Waals surface area contributed by atoms with Crippen LogP contribution in [0.4, 0.5) is 26.7 Å². The fourth-order valence-corrected chi connectivity index (χ4v) is 5.03. The molecule has 2 heterocycles. The number of fused-ring (bicyclic) bond motifs is 2. The summed E-state index contributed by atoms with van der Waals surface area (Å²) in [5, 5.41) is 18.3. The normalized spacial score (nSPS) is 17.6. The van der Waals surface area contributed by atoms with Crippen molar-refractivity contribution in [3.63, 3.8) is 0 Å². The number of methoxy groups -OCH3 is 1. The highest BCUT2D eigenvalue weighted by Gasteiger charge is 2.34. The average Bonchev–Trinajstić information content (AvgIpc) is 3.51. The molecule has 0 fully saturated rings. The highest BCUT2D eigenvalue weighted by molar-refractivity contribution is 6.02. The van der Waals surface area contributed by atoms with Gasteiger partial charge in [0.25, 0.3) is 5.91 Å². The number of carbonyl (C=O) groups excluding carboxylic acids is 3. The number of hydrogen-bond acceptors (Lipinski definition) is 8. The van der Waals surface area contributed by atoms with E-state index in [0.717, 1.165) is 0 Å². The van der Waals surface area contributed by atoms with Gasteiger partial charge in [0, 0.05) is 42.6 Å². The maximum atomic E-state index is 13.8. The van der Waals surface area contributed by atoms with Crippen molar-refractivity contribution in [2.75, 3.05) is 56.6 Å². The van der Waals surface area contributed by atoms with Crippen LogP contribution in [0.3, 0.4) is 0 Å². The van der Waals surface area contributed by atoms with Crippen molar-refractivity contribution in [1.82, 2.24) is 9.80 Å². The van der Waals surface area contributed by atoms with E-state index in [4.69, 9.17) is 18.9 Å². The van der Waals surface area contributed by atoms with Crippen LogP contribution in [-0.2, 0) is 0 Å². The van der Waals surface area contributed by atoms with Gasteiger partial charge in [-0.2, -0.15) is 0 Å². The zero-order valence-electron chi connectivity index (χ0n) is 25.5. The smallest absolute Gasteiger partial charge is 0.323 e. The van der Waals surface area contributed by atoms with Crippen LogP contribution in [0.25, 0.3) is 0 Å². The molecule has 45 heavy (non-hydrogen) atoms. The number of likely N-dealkylation sites (N-methyl/N-ethyl adjacent to an activating group) is 1. The first-order chi connectivity index (χ1) is 21.6. The van der Waals surface area contributed by atoms with Crippen LogP contribution in [-0.4, -0.2) is 85.7 Å². The quantitative estimate of drug-likeness (QED) is 0.289. The Balaban J connectivity index is 1.32. The van der Waals surface area contributed by atoms with Gasteiger partial charge < -0.3 is 49.8 Å². The van der Waals surface area contributed by atoms with E-state index >= 15 is 0 Å². The van der Waals surface area contributed by atoms with E-state index in [-0.39, 0.29) is 49.9 Å². The summed E-state index contributed by atoms with van der Waals surface area (Å²) in [7, 11) is 3.24. The minimum absolute atomic E-state index is 0.120. The zero-order valence-corrected chi connectivity index (χ0v) is 25.5. The number of aliphatic hydroxyl groups excluding tert-OH is 1. The molecule has 3 aromatic rings. The number of nitrogens with one attached hydrogen (secondary N) is 3. The topological polar surface area (TPSA) is 151 Å². The predicted molar refractivity (Wildman–Crippen MR) is 167 cm³/mol. The number of carbonyl (C=O) groups is 3. The van der Waals surface area contributed by atoms with Crippen LogP contribution < -0.4 is 34.9 Å². The number of anilines is 3. The van der Waals surface area contributed by atoms with Crippen molar-refractivity contribution in [2.24, 2.45) is 5.92 Å². The first-order valence-electron chi connectivity index (χ1n) is 14.5. The summed E-state index contributed by atoms with van der Waals surface area (Å²) in [5.41, 5.74) is 1.70. The van der Waals surface area contributed by atoms with Crippen LogP contribution in [0.5, 0.6) is 23.0 Å². The van der Waals surface area contributed by atoms with Crippen LogP contribution >= 0.6 is 0 Å². The molecule has 3 aromatic carbocycles. The minimum Gasteiger partial charge on any atom is -0.497 e. The van der Waals surface area contributed by atoms with Crippen LogP contribution in [0, 0.1) is 5.92 Å². The number of amides is 5. The van der Waals surface area contributed by atoms with Crippen molar-refractivity contribution in [3.05, 3.63) is 66.2 Å². The Morgan fingerprint density at radius 2 is 1.62 bits per heavy atom. The van der Waals surface area contributed by atoms with Gasteiger partial charge in [-0.3, -0.25) is 4.79 Å². The van der Waals surface area contributed by atoms with E-state index in [1.807, 2.05) is 6.92 Å². The second kappa shape index (κ2) is 13.6. The Morgan fingerprint density at radius 1 is 0.978 bits per heavy atom. The molecule has 4 N–H and O–H groups in total. The largest absolute Gasteiger partial charge is 0.497 e. The summed E-state index contributed by atoms with van der Waals surface area (Å²) in [6.45, 7) is 4.08. The Morgan fingerprint density at radius 3 is 2.31 bits per heavy atom. The van der Waals surface area contributed by atoms with Gasteiger partial charge in [0.05, 0.1) is 31.9 Å². The highest BCUT2D eigenvalue weighted by Crippen LogP contribution is 2.35. The molecule has 2 aliphatic rings. The van der Waals surface area contributed by atoms with Gasteiger partial charge in [0.1, 0.15) is 17.6 Å². The van der Waals surface area contributed by atoms with Gasteiger partial charge in [-0.25, -0.2) is 9.59 Å². The molecule has 3 atom stereocenters. The number of urea groups is 2. The lowest BCUT2D eigenvalue weighted by molar-refractivity contribution is 0.0371. The molecule has 0 radical (unpaired) electrons. The molecule has 13 nitrogen and oxygen atoms in total. The van der Waals surface area contributed by atoms with Gasteiger partial charge in [-0.05, 0) is 61.5 Å². The van der Waals surface area contributed by atoms with E-state index in [9.17, 15) is 19.5 Å². The molecule has 0 saturated heterocycles. The number of nitrogens with zero attached hydrogens (tertiary/aromatic N) is 2. The Hall–Kier alpha value is -5.17. The maximum Gasteiger partial charge on any atom is 0.323 e. The zero-order chi connectivity index (χ0) is 32.1. The van der Waals surface area contributed by atoms with Crippen molar-refractivity contribution in [1.29, 1.82) is 0 Å². The molecular formula is C32H37N5O8. The van der Waals surface area contributed by atoms with Crippen molar-refractivity contribution >= 4 is 35.0 Å². The SMILES string of the molecule is COc1ccc(NC(=O)N(C)C[C@H]2Oc3ccc(NC(=O)Nc4ccc5c(c4)OCO5)cc3C(=O)N([C@@H](C)CO)C[C@H]2C)cc1. The fraction of sp³-hybridized carbons (Fsp3) is 0.344. The number of hydrogen-bond donors (Lipinski definition) is 4. The lowest BCUT2D eigenvalue weighted by Crippen LogP contribution is -2.50. The van der Waals surface area contributed by atoms with Crippen LogP contribution in [0.1, 0.15) is 24.2 Å². The van der Waals surface area contributed by atoms with Crippen molar-refractivity contribution in [2.45, 2.75) is 26.0 Å². The summed E-state index contributed by atoms with van der Waals surface area (Å²) in [6.07, 6.45) is -0.495. The third kappa shape index (κ3) is 7.32. The van der Waals surface area contributed by atoms with Crippen molar-refractivity contribution < 1.29 is 38.4 Å². The van der Waals surface area contributed by atoms with Crippen molar-refractivity contribution in [3.8, 4) is 23.0 Å². The Bertz CT molecular complexity index is 1550. The van der Waals surface area contributed by atoms with Gasteiger partial charge in [-0.15, -0.1) is 0 Å². The maximum absolute atomic E-state index is 13.8. The standard InChI is InChI=1S/C32H37N5O8/c1-19-15-37(20(2)17-38)30(39)25-13-22(33-31(40)34-23-8-12-27-28(14-23)44-18-43-27)7-11-26(25)45-29(19)16-36(3)32(41)35-21-5-9-24(42-4)10-6-21/h5-14,19-20,29,38H,15-18H2,1-4H3,(H,35,41)(H2,33,34,40)/t19-,20+,29-/m1/s1. The third-order valence-electron chi connectivity index (χ3n) is 7.69. The molecule has 5 rings (SSSR count). The molecule has 0 unspecified atom stereocenters. The Labute approximate surface area is 261 Å². The molecule has 5 amide bonds. The molecule has 238 valence electrons. The summed E-state index contributed by atoms with van der Waals surface area (Å²) >= 11 is 0. The number of aliphatic hydroxyl groups is 1. The molecule has 0 spiro atoms. The Kier molecular flexibility index (Phi) is 9.48. The highest BCUT2D eigenvalue weighted by atomic mass is 16.7. The second-order valence-corrected chi connectivity index (χ2v) is 11.0. The monoisotopic (exact) mass is 619 g/mol. The minimum atomic E-state index is -0.524. The second-order valence-electron chi connectivity index (χ2n) is 11.0. The summed E-state index contributed by atoms with van der Waals surface area (Å²) in [5.74, 6) is 1.57. The van der Waals surface area contributed by atoms with Crippen LogP contribution in [0.2, 0.25) is 0 Å². The van der Waals surface area contributed by atoms with E-state index in [2.05, 4.69) is 16.0 Å². The van der Waals surface area contributed by atoms with E-state index in [0.29, 0.717) is 40.1 Å². The predicted octanol–water partition coefficient (Wildman–Crippen LogP) is 4.45. The van der Waals surface area contributed by atoms with Gasteiger partial charge >= 0.3 is 12.1 Å². The average molecular weight is 620 g/mol. The number of benzene rings is 3. The first-order valence-corrected chi connectivity index (χ1v) is 14.5. The number of rotatable bonds is 8. The third-order valence-corrected chi connectivity index (χ3v) is 7.69. The number of ether oxygens (including phenoxy) is 4. The molecule has 0 aliphatic carbocycles. The molecule has 13 heteroatoms. The summed E-state index contributed by atoms with van der Waals surface area (Å²) in [4.78, 5) is 42.7. The molecular weight excluding hydrogens is 582 g/mol. The molecule has 2 aliphatic heterocycles. The fourth-order valence-electron chi connectivity index (χ4n) is 5.03. The van der Waals surface area contributed by atoms with E-state index in [1.165, 1.54) is 4.90 Å². The molecule has 0 aromatic heterocycles. The summed E-state index contributed by atoms with van der Waals surface area (Å²) < 4.78 is 22.2. The molecule has 0 saturated carbocycles. The summed E-state index contributed by atoms with van der Waals surface area (Å²) in [6, 6.07) is 15.5. The lowest BCUT2D eigenvalue weighted by atomic mass is 9.99. The van der Waals surface area contributed by atoms with Gasteiger partial charge in [0.15, 0.2) is 11.5 Å².